The van der Waals surface area contributed by atoms with Crippen LogP contribution in [0.15, 0.2) is 16.3 Å². The number of aliphatic carboxylic acids is 1. The molecule has 1 heterocycles. The van der Waals surface area contributed by atoms with E-state index < -0.39 is 27.4 Å². The summed E-state index contributed by atoms with van der Waals surface area (Å²) in [5.74, 6) is -0.298. The van der Waals surface area contributed by atoms with Crippen LogP contribution in [0.1, 0.15) is 63.7 Å². The summed E-state index contributed by atoms with van der Waals surface area (Å²) in [6, 6.07) is 3.82. The van der Waals surface area contributed by atoms with Crippen LogP contribution >= 0.6 is 23.1 Å². The van der Waals surface area contributed by atoms with Crippen molar-refractivity contribution in [1.82, 2.24) is 4.72 Å². The fraction of sp³-hybridized carbons (Fsp3) is 0.737. The lowest BCUT2D eigenvalue weighted by Crippen LogP contribution is -2.36. The summed E-state index contributed by atoms with van der Waals surface area (Å²) >= 11 is 3.09. The van der Waals surface area contributed by atoms with E-state index in [1.807, 2.05) is 26.0 Å². The zero-order valence-electron chi connectivity index (χ0n) is 16.4. The number of thiophene rings is 1. The number of hydrogen-bond donors (Lipinski definition) is 2. The highest BCUT2D eigenvalue weighted by molar-refractivity contribution is 8.01. The molecule has 160 valence electrons. The van der Waals surface area contributed by atoms with Gasteiger partial charge in [-0.2, -0.15) is 0 Å². The molecule has 2 saturated carbocycles. The van der Waals surface area contributed by atoms with E-state index in [0.29, 0.717) is 31.6 Å². The Hall–Kier alpha value is -0.640. The number of sulfonamides is 1. The Morgan fingerprint density at radius 1 is 1.25 bits per heavy atom. The number of hydrogen-bond acceptors (Lipinski definition) is 5. The van der Waals surface area contributed by atoms with E-state index in [0.717, 1.165) is 21.9 Å². The van der Waals surface area contributed by atoms with E-state index >= 15 is 0 Å². The minimum Gasteiger partial charge on any atom is -0.481 e. The molecule has 2 N–H and O–H groups in total. The summed E-state index contributed by atoms with van der Waals surface area (Å²) in [6.45, 7) is 4.23. The van der Waals surface area contributed by atoms with Crippen molar-refractivity contribution in [2.75, 3.05) is 0 Å². The largest absolute Gasteiger partial charge is 0.481 e. The predicted molar refractivity (Wildman–Crippen MR) is 113 cm³/mol. The standard InChI is InChI=1S/C17H24FNO4S3.C2H6/c18-12-3-6-14(7-4-12)26(22,23)19-10-13-5-8-17(24-13)25-15(9-16(20)21)11-1-2-11;1-2/h5,8,11-12,14-15,19H,1-4,6-7,9-10H2,(H,20,21);1-2H3. The van der Waals surface area contributed by atoms with E-state index in [1.54, 1.807) is 11.8 Å². The minimum atomic E-state index is -3.43. The van der Waals surface area contributed by atoms with Crippen molar-refractivity contribution in [2.45, 2.75) is 86.2 Å². The van der Waals surface area contributed by atoms with Gasteiger partial charge in [0.1, 0.15) is 6.17 Å². The van der Waals surface area contributed by atoms with Gasteiger partial charge in [0.15, 0.2) is 0 Å². The van der Waals surface area contributed by atoms with Crippen molar-refractivity contribution in [3.05, 3.63) is 17.0 Å². The van der Waals surface area contributed by atoms with Gasteiger partial charge in [-0.1, -0.05) is 13.8 Å². The average molecular weight is 452 g/mol. The summed E-state index contributed by atoms with van der Waals surface area (Å²) < 4.78 is 41.6. The monoisotopic (exact) mass is 451 g/mol. The van der Waals surface area contributed by atoms with Crippen molar-refractivity contribution < 1.29 is 22.7 Å². The summed E-state index contributed by atoms with van der Waals surface area (Å²) in [5.41, 5.74) is 0. The van der Waals surface area contributed by atoms with Crippen LogP contribution in [0.4, 0.5) is 4.39 Å². The van der Waals surface area contributed by atoms with Crippen molar-refractivity contribution in [3.63, 3.8) is 0 Å². The molecule has 5 nitrogen and oxygen atoms in total. The third-order valence-corrected chi connectivity index (χ3v) is 9.46. The van der Waals surface area contributed by atoms with Crippen LogP contribution in [0.25, 0.3) is 0 Å². The number of carboxylic acid groups (broad SMARTS) is 1. The van der Waals surface area contributed by atoms with Gasteiger partial charge >= 0.3 is 5.97 Å². The fourth-order valence-corrected chi connectivity index (χ4v) is 7.50. The maximum absolute atomic E-state index is 13.2. The molecular formula is C19H30FNO4S3. The van der Waals surface area contributed by atoms with E-state index in [2.05, 4.69) is 4.72 Å². The molecule has 1 aromatic rings. The maximum atomic E-state index is 13.2. The number of rotatable bonds is 9. The molecule has 0 spiro atoms. The summed E-state index contributed by atoms with van der Waals surface area (Å²) in [6.07, 6.45) is 2.85. The average Bonchev–Trinajstić information content (AvgIpc) is 3.41. The Bertz CT molecular complexity index is 725. The summed E-state index contributed by atoms with van der Waals surface area (Å²) in [7, 11) is -3.43. The van der Waals surface area contributed by atoms with Crippen molar-refractivity contribution >= 4 is 39.1 Å². The van der Waals surface area contributed by atoms with Crippen molar-refractivity contribution in [2.24, 2.45) is 5.92 Å². The lowest BCUT2D eigenvalue weighted by atomic mass is 9.99. The van der Waals surface area contributed by atoms with Crippen LogP contribution in [-0.4, -0.2) is 36.2 Å². The summed E-state index contributed by atoms with van der Waals surface area (Å²) in [5, 5.41) is 8.64. The maximum Gasteiger partial charge on any atom is 0.304 e. The Morgan fingerprint density at radius 2 is 1.89 bits per heavy atom. The molecule has 1 aromatic heterocycles. The SMILES string of the molecule is CC.O=C(O)CC(Sc1ccc(CNS(=O)(=O)C2CCC(F)CC2)s1)C1CC1. The number of carboxylic acids is 1. The molecule has 0 aromatic carbocycles. The number of alkyl halides is 1. The first-order valence-electron chi connectivity index (χ1n) is 9.93. The fourth-order valence-electron chi connectivity index (χ4n) is 3.23. The minimum absolute atomic E-state index is 0.0894. The van der Waals surface area contributed by atoms with Crippen LogP contribution in [0.5, 0.6) is 0 Å². The van der Waals surface area contributed by atoms with Gasteiger partial charge in [-0.25, -0.2) is 17.5 Å². The first-order chi connectivity index (χ1) is 13.3. The van der Waals surface area contributed by atoms with E-state index in [9.17, 15) is 17.6 Å². The highest BCUT2D eigenvalue weighted by Crippen LogP contribution is 2.44. The van der Waals surface area contributed by atoms with Gasteiger partial charge in [0.2, 0.25) is 10.0 Å². The molecule has 9 heteroatoms. The second-order valence-corrected chi connectivity index (χ2v) is 11.8. The van der Waals surface area contributed by atoms with Crippen LogP contribution < -0.4 is 4.72 Å². The molecule has 0 radical (unpaired) electrons. The third kappa shape index (κ3) is 7.31. The number of halogens is 1. The Labute approximate surface area is 175 Å². The molecule has 0 amide bonds. The highest BCUT2D eigenvalue weighted by atomic mass is 32.2. The zero-order valence-corrected chi connectivity index (χ0v) is 18.8. The number of nitrogens with one attached hydrogen (secondary N) is 1. The van der Waals surface area contributed by atoms with Crippen molar-refractivity contribution in [3.8, 4) is 0 Å². The molecule has 2 aliphatic rings. The molecule has 0 saturated heterocycles. The van der Waals surface area contributed by atoms with Gasteiger partial charge in [-0.15, -0.1) is 23.1 Å². The lowest BCUT2D eigenvalue weighted by molar-refractivity contribution is -0.137. The van der Waals surface area contributed by atoms with Gasteiger partial charge in [-0.05, 0) is 56.6 Å². The first kappa shape index (κ1) is 23.6. The second kappa shape index (κ2) is 10.9. The Kier molecular flexibility index (Phi) is 9.24. The van der Waals surface area contributed by atoms with Crippen molar-refractivity contribution in [1.29, 1.82) is 0 Å². The smallest absolute Gasteiger partial charge is 0.304 e. The molecule has 2 aliphatic carbocycles. The number of thioether (sulfide) groups is 1. The molecule has 1 atom stereocenters. The lowest BCUT2D eigenvalue weighted by Gasteiger charge is -2.24. The van der Waals surface area contributed by atoms with Gasteiger partial charge in [0, 0.05) is 16.7 Å². The van der Waals surface area contributed by atoms with Crippen LogP contribution in [0.3, 0.4) is 0 Å². The van der Waals surface area contributed by atoms with E-state index in [1.165, 1.54) is 11.3 Å². The van der Waals surface area contributed by atoms with Crippen LogP contribution in [-0.2, 0) is 21.4 Å². The number of carbonyl (C=O) groups is 1. The second-order valence-electron chi connectivity index (χ2n) is 7.05. The summed E-state index contributed by atoms with van der Waals surface area (Å²) in [4.78, 5) is 11.9. The molecule has 0 aliphatic heterocycles. The Morgan fingerprint density at radius 3 is 2.46 bits per heavy atom. The zero-order chi connectivity index (χ0) is 20.7. The molecular weight excluding hydrogens is 421 g/mol. The molecule has 28 heavy (non-hydrogen) atoms. The predicted octanol–water partition coefficient (Wildman–Crippen LogP) is 4.82. The molecule has 0 bridgehead atoms. The molecule has 2 fully saturated rings. The quantitative estimate of drug-likeness (QED) is 0.526. The van der Waals surface area contributed by atoms with E-state index in [-0.39, 0.29) is 18.2 Å². The van der Waals surface area contributed by atoms with Crippen LogP contribution in [0.2, 0.25) is 0 Å². The van der Waals surface area contributed by atoms with Crippen LogP contribution in [0, 0.1) is 5.92 Å². The van der Waals surface area contributed by atoms with Gasteiger partial charge in [0.25, 0.3) is 0 Å². The van der Waals surface area contributed by atoms with Gasteiger partial charge in [-0.3, -0.25) is 4.79 Å². The third-order valence-electron chi connectivity index (χ3n) is 4.92. The van der Waals surface area contributed by atoms with Gasteiger partial charge in [0.05, 0.1) is 15.9 Å². The molecule has 3 rings (SSSR count). The normalized spacial score (nSPS) is 23.5. The highest BCUT2D eigenvalue weighted by Gasteiger charge is 2.34. The topological polar surface area (TPSA) is 83.5 Å². The Balaban J connectivity index is 0.00000136. The van der Waals surface area contributed by atoms with E-state index in [4.69, 9.17) is 5.11 Å². The van der Waals surface area contributed by atoms with Gasteiger partial charge < -0.3 is 5.11 Å². The molecule has 1 unspecified atom stereocenters. The first-order valence-corrected chi connectivity index (χ1v) is 13.2.